The molecule has 0 saturated heterocycles. The highest BCUT2D eigenvalue weighted by atomic mass is 16.5. The van der Waals surface area contributed by atoms with E-state index in [1.807, 2.05) is 38.1 Å². The molecule has 0 aliphatic carbocycles. The van der Waals surface area contributed by atoms with Crippen molar-refractivity contribution in [3.8, 4) is 5.75 Å². The third kappa shape index (κ3) is 3.45. The third-order valence-electron chi connectivity index (χ3n) is 3.22. The van der Waals surface area contributed by atoms with Crippen LogP contribution in [0.4, 0.5) is 21.9 Å². The molecule has 0 radical (unpaired) electrons. The third-order valence-corrected chi connectivity index (χ3v) is 3.22. The topological polar surface area (TPSA) is 76.4 Å². The number of carbonyl (C=O) groups is 1. The van der Waals surface area contributed by atoms with E-state index in [9.17, 15) is 4.79 Å². The van der Waals surface area contributed by atoms with E-state index in [1.54, 1.807) is 19.2 Å². The Kier molecular flexibility index (Phi) is 4.33. The number of nitrogen functional groups attached to an aromatic ring is 1. The van der Waals surface area contributed by atoms with Crippen molar-refractivity contribution in [3.05, 3.63) is 47.5 Å². The van der Waals surface area contributed by atoms with Crippen molar-refractivity contribution in [2.75, 3.05) is 23.5 Å². The van der Waals surface area contributed by atoms with Crippen LogP contribution < -0.4 is 21.1 Å². The quantitative estimate of drug-likeness (QED) is 0.755. The van der Waals surface area contributed by atoms with Gasteiger partial charge < -0.3 is 21.1 Å². The monoisotopic (exact) mass is 285 g/mol. The van der Waals surface area contributed by atoms with Crippen LogP contribution in [0, 0.1) is 13.8 Å². The molecule has 0 aromatic heterocycles. The van der Waals surface area contributed by atoms with Crippen LogP contribution in [0.15, 0.2) is 36.4 Å². The van der Waals surface area contributed by atoms with Gasteiger partial charge in [-0.15, -0.1) is 0 Å². The summed E-state index contributed by atoms with van der Waals surface area (Å²) in [4.78, 5) is 12.1. The number of nitrogens with one attached hydrogen (secondary N) is 2. The van der Waals surface area contributed by atoms with Crippen LogP contribution in [-0.4, -0.2) is 13.1 Å². The maximum Gasteiger partial charge on any atom is 0.323 e. The number of methoxy groups -OCH3 is 1. The molecule has 0 bridgehead atoms. The van der Waals surface area contributed by atoms with Crippen LogP contribution in [0.2, 0.25) is 0 Å². The van der Waals surface area contributed by atoms with E-state index in [4.69, 9.17) is 10.5 Å². The Morgan fingerprint density at radius 3 is 2.43 bits per heavy atom. The molecule has 0 atom stereocenters. The molecule has 2 amide bonds. The Bertz CT molecular complexity index is 669. The van der Waals surface area contributed by atoms with E-state index >= 15 is 0 Å². The second-order valence-electron chi connectivity index (χ2n) is 4.80. The molecule has 2 aromatic carbocycles. The summed E-state index contributed by atoms with van der Waals surface area (Å²) in [5, 5.41) is 5.58. The lowest BCUT2D eigenvalue weighted by Gasteiger charge is -2.13. The minimum Gasteiger partial charge on any atom is -0.495 e. The molecule has 0 saturated carbocycles. The van der Waals surface area contributed by atoms with Gasteiger partial charge in [-0.25, -0.2) is 4.79 Å². The zero-order valence-electron chi connectivity index (χ0n) is 12.4. The van der Waals surface area contributed by atoms with Gasteiger partial charge in [0.2, 0.25) is 0 Å². The van der Waals surface area contributed by atoms with Gasteiger partial charge in [-0.2, -0.15) is 0 Å². The van der Waals surface area contributed by atoms with Gasteiger partial charge in [0.15, 0.2) is 0 Å². The minimum atomic E-state index is -0.327. The molecular formula is C16H19N3O2. The van der Waals surface area contributed by atoms with Crippen molar-refractivity contribution in [1.29, 1.82) is 0 Å². The SMILES string of the molecule is COc1ccccc1NC(=O)Nc1cc(C)c(N)cc1C. The van der Waals surface area contributed by atoms with Crippen molar-refractivity contribution in [2.24, 2.45) is 0 Å². The molecule has 0 aliphatic rings. The van der Waals surface area contributed by atoms with E-state index in [1.165, 1.54) is 0 Å². The van der Waals surface area contributed by atoms with Crippen molar-refractivity contribution in [2.45, 2.75) is 13.8 Å². The normalized spacial score (nSPS) is 10.0. The molecule has 0 fully saturated rings. The van der Waals surface area contributed by atoms with E-state index in [2.05, 4.69) is 10.6 Å². The summed E-state index contributed by atoms with van der Waals surface area (Å²) in [7, 11) is 1.56. The maximum atomic E-state index is 12.1. The lowest BCUT2D eigenvalue weighted by Crippen LogP contribution is -2.20. The summed E-state index contributed by atoms with van der Waals surface area (Å²) < 4.78 is 5.20. The Hall–Kier alpha value is -2.69. The van der Waals surface area contributed by atoms with Crippen molar-refractivity contribution < 1.29 is 9.53 Å². The number of anilines is 3. The molecule has 2 rings (SSSR count). The van der Waals surface area contributed by atoms with Gasteiger partial charge in [0, 0.05) is 11.4 Å². The summed E-state index contributed by atoms with van der Waals surface area (Å²) in [5.74, 6) is 0.609. The number of rotatable bonds is 3. The zero-order chi connectivity index (χ0) is 15.4. The number of ether oxygens (including phenoxy) is 1. The van der Waals surface area contributed by atoms with Crippen LogP contribution in [0.3, 0.4) is 0 Å². The summed E-state index contributed by atoms with van der Waals surface area (Å²) >= 11 is 0. The van der Waals surface area contributed by atoms with Crippen LogP contribution in [0.1, 0.15) is 11.1 Å². The molecule has 0 aliphatic heterocycles. The number of benzene rings is 2. The van der Waals surface area contributed by atoms with Gasteiger partial charge >= 0.3 is 6.03 Å². The fraction of sp³-hybridized carbons (Fsp3) is 0.188. The van der Waals surface area contributed by atoms with Gasteiger partial charge in [-0.05, 0) is 49.2 Å². The predicted octanol–water partition coefficient (Wildman–Crippen LogP) is 3.54. The average molecular weight is 285 g/mol. The zero-order valence-corrected chi connectivity index (χ0v) is 12.4. The molecule has 5 nitrogen and oxygen atoms in total. The van der Waals surface area contributed by atoms with Crippen molar-refractivity contribution >= 4 is 23.1 Å². The van der Waals surface area contributed by atoms with E-state index in [0.29, 0.717) is 17.1 Å². The standard InChI is InChI=1S/C16H19N3O2/c1-10-9-14(11(2)8-12(10)17)19-16(20)18-13-6-4-5-7-15(13)21-3/h4-9H,17H2,1-3H3,(H2,18,19,20). The first-order valence-corrected chi connectivity index (χ1v) is 6.59. The number of para-hydroxylation sites is 2. The summed E-state index contributed by atoms with van der Waals surface area (Å²) in [6.07, 6.45) is 0. The highest BCUT2D eigenvalue weighted by Gasteiger charge is 2.09. The number of aryl methyl sites for hydroxylation is 2. The summed E-state index contributed by atoms with van der Waals surface area (Å²) in [6, 6.07) is 10.6. The van der Waals surface area contributed by atoms with Gasteiger partial charge in [0.25, 0.3) is 0 Å². The number of carbonyl (C=O) groups excluding carboxylic acids is 1. The van der Waals surface area contributed by atoms with Gasteiger partial charge in [0.1, 0.15) is 5.75 Å². The number of hydrogen-bond donors (Lipinski definition) is 3. The fourth-order valence-electron chi connectivity index (χ4n) is 2.00. The molecule has 21 heavy (non-hydrogen) atoms. The second-order valence-corrected chi connectivity index (χ2v) is 4.80. The fourth-order valence-corrected chi connectivity index (χ4v) is 2.00. The van der Waals surface area contributed by atoms with E-state index in [-0.39, 0.29) is 6.03 Å². The van der Waals surface area contributed by atoms with Crippen LogP contribution in [0.5, 0.6) is 5.75 Å². The van der Waals surface area contributed by atoms with E-state index < -0.39 is 0 Å². The van der Waals surface area contributed by atoms with Gasteiger partial charge in [-0.1, -0.05) is 12.1 Å². The Morgan fingerprint density at radius 2 is 1.71 bits per heavy atom. The molecule has 0 spiro atoms. The Morgan fingerprint density at radius 1 is 1.05 bits per heavy atom. The molecule has 0 unspecified atom stereocenters. The predicted molar refractivity (Wildman–Crippen MR) is 86.0 cm³/mol. The molecular weight excluding hydrogens is 266 g/mol. The number of amides is 2. The molecule has 0 heterocycles. The average Bonchev–Trinajstić information content (AvgIpc) is 2.45. The van der Waals surface area contributed by atoms with Crippen molar-refractivity contribution in [3.63, 3.8) is 0 Å². The summed E-state index contributed by atoms with van der Waals surface area (Å²) in [6.45, 7) is 3.80. The maximum absolute atomic E-state index is 12.1. The van der Waals surface area contributed by atoms with Crippen molar-refractivity contribution in [1.82, 2.24) is 0 Å². The molecule has 110 valence electrons. The number of nitrogens with two attached hydrogens (primary N) is 1. The molecule has 2 aromatic rings. The van der Waals surface area contributed by atoms with E-state index in [0.717, 1.165) is 16.8 Å². The summed E-state index contributed by atoms with van der Waals surface area (Å²) in [5.41, 5.74) is 9.73. The number of urea groups is 1. The second kappa shape index (κ2) is 6.17. The first-order valence-electron chi connectivity index (χ1n) is 6.59. The smallest absolute Gasteiger partial charge is 0.323 e. The Balaban J connectivity index is 2.14. The lowest BCUT2D eigenvalue weighted by molar-refractivity contribution is 0.262. The minimum absolute atomic E-state index is 0.327. The van der Waals surface area contributed by atoms with Crippen LogP contribution >= 0.6 is 0 Å². The Labute approximate surface area is 124 Å². The van der Waals surface area contributed by atoms with Crippen LogP contribution in [0.25, 0.3) is 0 Å². The van der Waals surface area contributed by atoms with Gasteiger partial charge in [-0.3, -0.25) is 0 Å². The first kappa shape index (κ1) is 14.7. The highest BCUT2D eigenvalue weighted by Crippen LogP contribution is 2.25. The highest BCUT2D eigenvalue weighted by molar-refractivity contribution is 6.01. The van der Waals surface area contributed by atoms with Gasteiger partial charge in [0.05, 0.1) is 12.8 Å². The number of hydrogen-bond acceptors (Lipinski definition) is 3. The lowest BCUT2D eigenvalue weighted by atomic mass is 10.1. The first-order chi connectivity index (χ1) is 10.0. The molecule has 4 N–H and O–H groups in total. The van der Waals surface area contributed by atoms with Crippen LogP contribution in [-0.2, 0) is 0 Å². The largest absolute Gasteiger partial charge is 0.495 e. The molecule has 5 heteroatoms.